The molecule has 222 valence electrons. The van der Waals surface area contributed by atoms with Gasteiger partial charge in [0.25, 0.3) is 5.56 Å². The number of hydrogen-bond acceptors (Lipinski definition) is 7. The van der Waals surface area contributed by atoms with Crippen LogP contribution in [0, 0.1) is 12.0 Å². The predicted molar refractivity (Wildman–Crippen MR) is 164 cm³/mol. The minimum atomic E-state index is -0.492. The van der Waals surface area contributed by atoms with Gasteiger partial charge < -0.3 is 14.4 Å². The van der Waals surface area contributed by atoms with E-state index in [-0.39, 0.29) is 23.2 Å². The van der Waals surface area contributed by atoms with Crippen molar-refractivity contribution in [3.8, 4) is 17.1 Å². The normalized spacial score (nSPS) is 16.0. The van der Waals surface area contributed by atoms with E-state index in [1.54, 1.807) is 46.3 Å². The van der Waals surface area contributed by atoms with Crippen LogP contribution in [0.2, 0.25) is 0 Å². The zero-order valence-corrected chi connectivity index (χ0v) is 24.7. The van der Waals surface area contributed by atoms with Crippen LogP contribution in [-0.2, 0) is 11.3 Å². The van der Waals surface area contributed by atoms with Crippen molar-refractivity contribution in [1.82, 2.24) is 28.8 Å². The van der Waals surface area contributed by atoms with E-state index in [4.69, 9.17) is 16.0 Å². The number of fused-ring (bicyclic) bond motifs is 3. The molecule has 2 fully saturated rings. The third-order valence-corrected chi connectivity index (χ3v) is 8.14. The summed E-state index contributed by atoms with van der Waals surface area (Å²) >= 11 is 0. The summed E-state index contributed by atoms with van der Waals surface area (Å²) < 4.78 is 15.0. The van der Waals surface area contributed by atoms with Gasteiger partial charge in [0.15, 0.2) is 17.3 Å². The highest BCUT2D eigenvalue weighted by Gasteiger charge is 2.55. The van der Waals surface area contributed by atoms with Crippen molar-refractivity contribution in [3.63, 3.8) is 0 Å². The van der Waals surface area contributed by atoms with Gasteiger partial charge in [-0.1, -0.05) is 24.3 Å². The Kier molecular flexibility index (Phi) is 6.39. The second-order valence-electron chi connectivity index (χ2n) is 12.7. The van der Waals surface area contributed by atoms with Gasteiger partial charge in [-0.05, 0) is 57.4 Å². The summed E-state index contributed by atoms with van der Waals surface area (Å²) in [5.41, 5.74) is 3.20. The van der Waals surface area contributed by atoms with Crippen LogP contribution in [0.1, 0.15) is 39.2 Å². The monoisotopic (exact) mass is 589 g/mol. The molecule has 11 nitrogen and oxygen atoms in total. The summed E-state index contributed by atoms with van der Waals surface area (Å²) in [6.45, 7) is 14.7. The van der Waals surface area contributed by atoms with Crippen LogP contribution in [-0.4, -0.2) is 59.7 Å². The van der Waals surface area contributed by atoms with Crippen molar-refractivity contribution in [3.05, 3.63) is 94.5 Å². The largest absolute Gasteiger partial charge is 0.487 e. The van der Waals surface area contributed by atoms with Crippen molar-refractivity contribution >= 4 is 28.6 Å². The Hall–Kier alpha value is -5.24. The first-order valence-corrected chi connectivity index (χ1v) is 14.5. The second-order valence-corrected chi connectivity index (χ2v) is 12.7. The van der Waals surface area contributed by atoms with Gasteiger partial charge in [0.05, 0.1) is 36.5 Å². The molecule has 0 atom stereocenters. The van der Waals surface area contributed by atoms with Gasteiger partial charge in [0, 0.05) is 36.3 Å². The Labute approximate surface area is 253 Å². The van der Waals surface area contributed by atoms with E-state index in [1.807, 2.05) is 49.4 Å². The highest BCUT2D eigenvalue weighted by molar-refractivity contribution is 5.83. The molecule has 3 aromatic heterocycles. The van der Waals surface area contributed by atoms with Crippen molar-refractivity contribution in [2.45, 2.75) is 51.9 Å². The van der Waals surface area contributed by atoms with Crippen molar-refractivity contribution in [2.75, 3.05) is 13.1 Å². The molecule has 4 heterocycles. The van der Waals surface area contributed by atoms with Gasteiger partial charge in [0.1, 0.15) is 11.7 Å². The van der Waals surface area contributed by atoms with Gasteiger partial charge in [0.2, 0.25) is 5.78 Å². The number of rotatable bonds is 5. The molecule has 5 aromatic rings. The van der Waals surface area contributed by atoms with Gasteiger partial charge in [-0.15, -0.1) is 0 Å². The first kappa shape index (κ1) is 27.6. The summed E-state index contributed by atoms with van der Waals surface area (Å²) in [5.74, 6) is 1.68. The van der Waals surface area contributed by atoms with E-state index < -0.39 is 5.60 Å². The molecular formula is C33H31N7O4. The fourth-order valence-corrected chi connectivity index (χ4v) is 6.13. The Morgan fingerprint density at radius 1 is 1.09 bits per heavy atom. The average Bonchev–Trinajstić information content (AvgIpc) is 3.32. The third-order valence-electron chi connectivity index (χ3n) is 8.14. The van der Waals surface area contributed by atoms with E-state index >= 15 is 0 Å². The van der Waals surface area contributed by atoms with Crippen LogP contribution in [0.3, 0.4) is 0 Å². The molecule has 1 aliphatic carbocycles. The predicted octanol–water partition coefficient (Wildman–Crippen LogP) is 5.48. The second kappa shape index (κ2) is 10.2. The molecule has 0 bridgehead atoms. The van der Waals surface area contributed by atoms with Crippen molar-refractivity contribution in [1.29, 1.82) is 0 Å². The SMILES string of the molecule is [C-]#[N+]c1ccc2nc3n(Cc4cccc(-c5ncc(OC6CC7(C6)CN(C(=O)OC(C)(C)C)C7)cn5)c4)c(=O)ccn3c2c1. The standard InChI is InChI=1S/C33H31N7O4/c1-32(2,3)44-31(42)38-19-33(20-38)14-24(15-33)43-25-16-35-29(36-17-25)22-7-5-6-21(12-22)18-40-28(41)10-11-39-27-13-23(34-4)8-9-26(27)37-30(39)40/h5-13,16-17,24H,14-15,18-20H2,1-3H3. The minimum Gasteiger partial charge on any atom is -0.487 e. The number of nitrogens with zero attached hydrogens (tertiary/aromatic N) is 7. The van der Waals surface area contributed by atoms with Crippen LogP contribution in [0.5, 0.6) is 5.75 Å². The Balaban J connectivity index is 1.01. The van der Waals surface area contributed by atoms with Crippen LogP contribution in [0.4, 0.5) is 10.5 Å². The first-order chi connectivity index (χ1) is 21.1. The lowest BCUT2D eigenvalue weighted by Crippen LogP contribution is -2.66. The van der Waals surface area contributed by atoms with E-state index in [2.05, 4.69) is 19.8 Å². The van der Waals surface area contributed by atoms with Crippen LogP contribution in [0.25, 0.3) is 33.0 Å². The molecule has 11 heteroatoms. The van der Waals surface area contributed by atoms with Gasteiger partial charge in [-0.25, -0.2) is 24.6 Å². The lowest BCUT2D eigenvalue weighted by Gasteiger charge is -2.58. The first-order valence-electron chi connectivity index (χ1n) is 14.5. The zero-order valence-electron chi connectivity index (χ0n) is 24.7. The Bertz CT molecular complexity index is 2000. The summed E-state index contributed by atoms with van der Waals surface area (Å²) in [6, 6.07) is 14.6. The molecule has 1 saturated carbocycles. The molecule has 0 unspecified atom stereocenters. The summed E-state index contributed by atoms with van der Waals surface area (Å²) in [6.07, 6.45) is 6.65. The lowest BCUT2D eigenvalue weighted by atomic mass is 9.62. The van der Waals surface area contributed by atoms with Gasteiger partial charge in [-0.2, -0.15) is 0 Å². The topological polar surface area (TPSA) is 108 Å². The molecule has 2 aromatic carbocycles. The van der Waals surface area contributed by atoms with Crippen LogP contribution < -0.4 is 10.3 Å². The number of carbonyl (C=O) groups is 1. The number of likely N-dealkylation sites (tertiary alicyclic amines) is 1. The maximum atomic E-state index is 12.9. The Morgan fingerprint density at radius 2 is 1.86 bits per heavy atom. The highest BCUT2D eigenvalue weighted by Crippen LogP contribution is 2.50. The average molecular weight is 590 g/mol. The van der Waals surface area contributed by atoms with E-state index in [0.717, 1.165) is 29.5 Å². The summed E-state index contributed by atoms with van der Waals surface area (Å²) in [5, 5.41) is 0. The molecule has 0 N–H and O–H groups in total. The third kappa shape index (κ3) is 5.13. The van der Waals surface area contributed by atoms with Crippen molar-refractivity contribution < 1.29 is 14.3 Å². The van der Waals surface area contributed by atoms with Crippen molar-refractivity contribution in [2.24, 2.45) is 5.41 Å². The van der Waals surface area contributed by atoms with Gasteiger partial charge in [-0.3, -0.25) is 13.8 Å². The molecule has 2 aliphatic rings. The number of benzene rings is 2. The van der Waals surface area contributed by atoms with Gasteiger partial charge >= 0.3 is 6.09 Å². The molecule has 1 aliphatic heterocycles. The molecule has 7 rings (SSSR count). The smallest absolute Gasteiger partial charge is 0.410 e. The quantitative estimate of drug-likeness (QED) is 0.250. The van der Waals surface area contributed by atoms with E-state index in [9.17, 15) is 9.59 Å². The van der Waals surface area contributed by atoms with Crippen LogP contribution in [0.15, 0.2) is 71.9 Å². The fraction of sp³-hybridized carbons (Fsp3) is 0.333. The fourth-order valence-electron chi connectivity index (χ4n) is 6.13. The maximum Gasteiger partial charge on any atom is 0.410 e. The molecule has 1 amide bonds. The number of ether oxygens (including phenoxy) is 2. The molecule has 1 spiro atoms. The molecule has 0 radical (unpaired) electrons. The van der Waals surface area contributed by atoms with E-state index in [1.165, 1.54) is 6.07 Å². The van der Waals surface area contributed by atoms with Crippen LogP contribution >= 0.6 is 0 Å². The molecule has 44 heavy (non-hydrogen) atoms. The molecular weight excluding hydrogens is 558 g/mol. The molecule has 1 saturated heterocycles. The summed E-state index contributed by atoms with van der Waals surface area (Å²) in [7, 11) is 0. The number of hydrogen-bond donors (Lipinski definition) is 0. The number of carbonyl (C=O) groups excluding carboxylic acids is 1. The number of aromatic nitrogens is 5. The zero-order chi connectivity index (χ0) is 30.6. The minimum absolute atomic E-state index is 0.0712. The lowest BCUT2D eigenvalue weighted by molar-refractivity contribution is -0.116. The number of imidazole rings is 1. The summed E-state index contributed by atoms with van der Waals surface area (Å²) in [4.78, 5) is 44.2. The maximum absolute atomic E-state index is 12.9. The Morgan fingerprint density at radius 3 is 2.59 bits per heavy atom. The van der Waals surface area contributed by atoms with E-state index in [0.29, 0.717) is 48.2 Å². The highest BCUT2D eigenvalue weighted by atomic mass is 16.6. The number of amides is 1.